The fourth-order valence-electron chi connectivity index (χ4n) is 2.84. The Balaban J connectivity index is 1.75. The van der Waals surface area contributed by atoms with Crippen LogP contribution in [0.2, 0.25) is 0 Å². The smallest absolute Gasteiger partial charge is 0.228 e. The van der Waals surface area contributed by atoms with E-state index in [0.29, 0.717) is 29.9 Å². The second kappa shape index (κ2) is 7.45. The van der Waals surface area contributed by atoms with Gasteiger partial charge in [0.15, 0.2) is 5.82 Å². The Morgan fingerprint density at radius 1 is 0.963 bits per heavy atom. The molecule has 6 heteroatoms. The summed E-state index contributed by atoms with van der Waals surface area (Å²) >= 11 is 0. The zero-order valence-corrected chi connectivity index (χ0v) is 15.3. The van der Waals surface area contributed by atoms with Crippen molar-refractivity contribution < 1.29 is 9.26 Å². The molecule has 0 radical (unpaired) electrons. The normalized spacial score (nSPS) is 10.9. The molecule has 0 atom stereocenters. The first-order valence-electron chi connectivity index (χ1n) is 9.00. The molecule has 1 N–H and O–H groups in total. The van der Waals surface area contributed by atoms with Gasteiger partial charge in [-0.25, -0.2) is 9.97 Å². The van der Waals surface area contributed by atoms with Crippen LogP contribution in [0.25, 0.3) is 22.4 Å². The van der Waals surface area contributed by atoms with Gasteiger partial charge in [-0.2, -0.15) is 0 Å². The van der Waals surface area contributed by atoms with E-state index in [1.807, 2.05) is 68.4 Å². The molecule has 0 aliphatic heterocycles. The first-order chi connectivity index (χ1) is 13.3. The van der Waals surface area contributed by atoms with Crippen LogP contribution in [0.5, 0.6) is 5.75 Å². The van der Waals surface area contributed by atoms with Crippen LogP contribution >= 0.6 is 0 Å². The van der Waals surface area contributed by atoms with Gasteiger partial charge < -0.3 is 14.6 Å². The molecule has 0 unspecified atom stereocenters. The highest BCUT2D eigenvalue weighted by Crippen LogP contribution is 2.31. The second-order valence-corrected chi connectivity index (χ2v) is 6.00. The van der Waals surface area contributed by atoms with Crippen molar-refractivity contribution in [3.8, 4) is 17.0 Å². The van der Waals surface area contributed by atoms with Crippen LogP contribution in [-0.2, 0) is 6.42 Å². The van der Waals surface area contributed by atoms with Crippen molar-refractivity contribution in [3.63, 3.8) is 0 Å². The maximum absolute atomic E-state index is 5.61. The molecule has 136 valence electrons. The topological polar surface area (TPSA) is 73.1 Å². The van der Waals surface area contributed by atoms with Crippen LogP contribution in [0.1, 0.15) is 19.7 Å². The van der Waals surface area contributed by atoms with Gasteiger partial charge >= 0.3 is 0 Å². The predicted molar refractivity (Wildman–Crippen MR) is 105 cm³/mol. The van der Waals surface area contributed by atoms with Crippen LogP contribution in [0, 0.1) is 0 Å². The Hall–Kier alpha value is -3.41. The van der Waals surface area contributed by atoms with Crippen molar-refractivity contribution in [2.45, 2.75) is 20.3 Å². The maximum Gasteiger partial charge on any atom is 0.228 e. The molecular formula is C21H20N4O2. The number of ether oxygens (including phenoxy) is 1. The molecule has 4 aromatic rings. The van der Waals surface area contributed by atoms with Gasteiger partial charge in [0.25, 0.3) is 0 Å². The van der Waals surface area contributed by atoms with Crippen molar-refractivity contribution in [1.82, 2.24) is 15.1 Å². The second-order valence-electron chi connectivity index (χ2n) is 6.00. The lowest BCUT2D eigenvalue weighted by atomic mass is 10.1. The van der Waals surface area contributed by atoms with Gasteiger partial charge in [-0.3, -0.25) is 0 Å². The lowest BCUT2D eigenvalue weighted by Gasteiger charge is -2.08. The third-order valence-corrected chi connectivity index (χ3v) is 4.16. The van der Waals surface area contributed by atoms with E-state index in [0.717, 1.165) is 28.5 Å². The third kappa shape index (κ3) is 3.46. The van der Waals surface area contributed by atoms with E-state index in [2.05, 4.69) is 20.4 Å². The van der Waals surface area contributed by atoms with Gasteiger partial charge in [0.2, 0.25) is 5.58 Å². The maximum atomic E-state index is 5.61. The summed E-state index contributed by atoms with van der Waals surface area (Å²) in [5.41, 5.74) is 3.82. The lowest BCUT2D eigenvalue weighted by Crippen LogP contribution is -2.00. The number of hydrogen-bond donors (Lipinski definition) is 1. The van der Waals surface area contributed by atoms with Gasteiger partial charge in [-0.05, 0) is 31.2 Å². The highest BCUT2D eigenvalue weighted by Gasteiger charge is 2.18. The summed E-state index contributed by atoms with van der Waals surface area (Å²) in [6.45, 7) is 4.63. The summed E-state index contributed by atoms with van der Waals surface area (Å²) in [5.74, 6) is 2.17. The molecule has 0 saturated heterocycles. The van der Waals surface area contributed by atoms with Crippen LogP contribution in [-0.4, -0.2) is 21.7 Å². The summed E-state index contributed by atoms with van der Waals surface area (Å²) in [5, 5.41) is 7.56. The number of nitrogens with one attached hydrogen (secondary N) is 1. The molecule has 4 rings (SSSR count). The van der Waals surface area contributed by atoms with Crippen molar-refractivity contribution in [3.05, 3.63) is 60.4 Å². The Labute approximate surface area is 157 Å². The quantitative estimate of drug-likeness (QED) is 0.522. The molecule has 0 saturated carbocycles. The van der Waals surface area contributed by atoms with Gasteiger partial charge in [0.1, 0.15) is 22.8 Å². The average Bonchev–Trinajstić information content (AvgIpc) is 3.14. The van der Waals surface area contributed by atoms with E-state index in [-0.39, 0.29) is 0 Å². The number of benzene rings is 2. The summed E-state index contributed by atoms with van der Waals surface area (Å²) in [6.07, 6.45) is 0.716. The highest BCUT2D eigenvalue weighted by atomic mass is 16.5. The van der Waals surface area contributed by atoms with E-state index in [1.165, 1.54) is 0 Å². The number of aromatic nitrogens is 3. The molecule has 6 nitrogen and oxygen atoms in total. The van der Waals surface area contributed by atoms with Crippen LogP contribution in [0.3, 0.4) is 0 Å². The van der Waals surface area contributed by atoms with E-state index in [9.17, 15) is 0 Å². The van der Waals surface area contributed by atoms with Crippen molar-refractivity contribution in [2.24, 2.45) is 0 Å². The monoisotopic (exact) mass is 360 g/mol. The van der Waals surface area contributed by atoms with Crippen molar-refractivity contribution in [2.75, 3.05) is 11.9 Å². The molecule has 27 heavy (non-hydrogen) atoms. The first-order valence-corrected chi connectivity index (χ1v) is 9.00. The summed E-state index contributed by atoms with van der Waals surface area (Å²) in [7, 11) is 0. The molecule has 0 bridgehead atoms. The molecule has 0 aliphatic rings. The largest absolute Gasteiger partial charge is 0.494 e. The van der Waals surface area contributed by atoms with Crippen LogP contribution < -0.4 is 10.1 Å². The van der Waals surface area contributed by atoms with Crippen molar-refractivity contribution >= 4 is 22.6 Å². The molecule has 0 amide bonds. The Bertz CT molecular complexity index is 1040. The Morgan fingerprint density at radius 3 is 2.44 bits per heavy atom. The fourth-order valence-corrected chi connectivity index (χ4v) is 2.84. The molecule has 0 spiro atoms. The summed E-state index contributed by atoms with van der Waals surface area (Å²) in [6, 6.07) is 17.6. The minimum Gasteiger partial charge on any atom is -0.494 e. The van der Waals surface area contributed by atoms with Crippen LogP contribution in [0.4, 0.5) is 11.5 Å². The lowest BCUT2D eigenvalue weighted by molar-refractivity contribution is 0.340. The highest BCUT2D eigenvalue weighted by molar-refractivity contribution is 5.94. The van der Waals surface area contributed by atoms with E-state index < -0.39 is 0 Å². The molecule has 0 fully saturated rings. The van der Waals surface area contributed by atoms with Gasteiger partial charge in [0.05, 0.1) is 6.61 Å². The molecule has 2 aromatic carbocycles. The van der Waals surface area contributed by atoms with Crippen LogP contribution in [0.15, 0.2) is 59.1 Å². The van der Waals surface area contributed by atoms with Gasteiger partial charge in [-0.1, -0.05) is 42.4 Å². The minimum absolute atomic E-state index is 0.542. The molecule has 2 heterocycles. The zero-order chi connectivity index (χ0) is 18.6. The third-order valence-electron chi connectivity index (χ3n) is 4.16. The van der Waals surface area contributed by atoms with Gasteiger partial charge in [0, 0.05) is 17.7 Å². The number of aryl methyl sites for hydroxylation is 1. The Morgan fingerprint density at radius 2 is 1.74 bits per heavy atom. The summed E-state index contributed by atoms with van der Waals surface area (Å²) < 4.78 is 11.1. The molecule has 0 aliphatic carbocycles. The first kappa shape index (κ1) is 17.0. The zero-order valence-electron chi connectivity index (χ0n) is 15.3. The molecule has 2 aromatic heterocycles. The van der Waals surface area contributed by atoms with E-state index in [1.54, 1.807) is 0 Å². The van der Waals surface area contributed by atoms with Gasteiger partial charge in [-0.15, -0.1) is 0 Å². The van der Waals surface area contributed by atoms with E-state index >= 15 is 0 Å². The SMILES string of the molecule is CCOc1ccc(Nc2nc(CC)nc3c(-c4ccccc4)noc23)cc1. The number of anilines is 2. The fraction of sp³-hybridized carbons (Fsp3) is 0.190. The average molecular weight is 360 g/mol. The van der Waals surface area contributed by atoms with E-state index in [4.69, 9.17) is 9.26 Å². The predicted octanol–water partition coefficient (Wildman–Crippen LogP) is 4.99. The standard InChI is InChI=1S/C21H20N4O2/c1-3-17-23-19-18(14-8-6-5-7-9-14)25-27-20(19)21(24-17)22-15-10-12-16(13-11-15)26-4-2/h5-13H,3-4H2,1-2H3,(H,22,23,24). The number of fused-ring (bicyclic) bond motifs is 1. The minimum atomic E-state index is 0.542. The Kier molecular flexibility index (Phi) is 4.70. The molecular weight excluding hydrogens is 340 g/mol. The van der Waals surface area contributed by atoms with Crippen molar-refractivity contribution in [1.29, 1.82) is 0 Å². The number of nitrogens with zero attached hydrogens (tertiary/aromatic N) is 3. The number of hydrogen-bond acceptors (Lipinski definition) is 6. The number of rotatable bonds is 6. The summed E-state index contributed by atoms with van der Waals surface area (Å²) in [4.78, 5) is 9.24.